The molecule has 0 saturated heterocycles. The van der Waals surface area contributed by atoms with Gasteiger partial charge in [0.1, 0.15) is 0 Å². The van der Waals surface area contributed by atoms with Crippen molar-refractivity contribution in [2.24, 2.45) is 5.73 Å². The zero-order valence-corrected chi connectivity index (χ0v) is 21.9. The summed E-state index contributed by atoms with van der Waals surface area (Å²) in [5, 5.41) is 2.66. The van der Waals surface area contributed by atoms with Gasteiger partial charge >= 0.3 is 6.18 Å². The number of halogens is 3. The fraction of sp³-hybridized carbons (Fsp3) is 0.143. The number of benzene rings is 3. The number of nitrogens with zero attached hydrogens (tertiary/aromatic N) is 1. The standard InChI is InChI=1S/C28H24F3N3O4S/c1-16-14-23(27(36)33-21-9-11-22(12-10-21)39(3,37)38)17(2)34(16)25-13-8-20(15-24(25)28(29,30)31)18-4-6-19(7-5-18)26(32)35/h4-15H,1-3H3,(H2,32,35)(H,33,36). The van der Waals surface area contributed by atoms with E-state index in [0.717, 1.165) is 12.3 Å². The minimum atomic E-state index is -4.70. The van der Waals surface area contributed by atoms with E-state index in [4.69, 9.17) is 5.73 Å². The van der Waals surface area contributed by atoms with Crippen LogP contribution in [0.4, 0.5) is 18.9 Å². The maximum Gasteiger partial charge on any atom is 0.418 e. The number of primary amides is 1. The Labute approximate surface area is 223 Å². The van der Waals surface area contributed by atoms with Crippen LogP contribution in [-0.2, 0) is 16.0 Å². The normalized spacial score (nSPS) is 11.8. The molecule has 4 aromatic rings. The molecular formula is C28H24F3N3O4S. The highest BCUT2D eigenvalue weighted by Crippen LogP contribution is 2.38. The van der Waals surface area contributed by atoms with Gasteiger partial charge in [0.25, 0.3) is 5.91 Å². The number of aromatic nitrogens is 1. The molecule has 1 aromatic heterocycles. The Morgan fingerprint density at radius 3 is 2.00 bits per heavy atom. The summed E-state index contributed by atoms with van der Waals surface area (Å²) in [5.41, 5.74) is 6.40. The molecule has 11 heteroatoms. The minimum absolute atomic E-state index is 0.0885. The van der Waals surface area contributed by atoms with Gasteiger partial charge in [-0.15, -0.1) is 0 Å². The molecule has 0 atom stereocenters. The second kappa shape index (κ2) is 10.1. The monoisotopic (exact) mass is 555 g/mol. The van der Waals surface area contributed by atoms with Gasteiger partial charge in [0.05, 0.1) is 21.7 Å². The van der Waals surface area contributed by atoms with Gasteiger partial charge in [-0.25, -0.2) is 8.42 Å². The highest BCUT2D eigenvalue weighted by molar-refractivity contribution is 7.90. The zero-order valence-electron chi connectivity index (χ0n) is 21.1. The predicted molar refractivity (Wildman–Crippen MR) is 142 cm³/mol. The van der Waals surface area contributed by atoms with E-state index in [1.54, 1.807) is 13.8 Å². The molecular weight excluding hydrogens is 531 g/mol. The average Bonchev–Trinajstić information content (AvgIpc) is 3.16. The van der Waals surface area contributed by atoms with Crippen molar-refractivity contribution < 1.29 is 31.2 Å². The first-order valence-corrected chi connectivity index (χ1v) is 13.5. The van der Waals surface area contributed by atoms with Gasteiger partial charge in [-0.2, -0.15) is 13.2 Å². The summed E-state index contributed by atoms with van der Waals surface area (Å²) in [6.07, 6.45) is -3.64. The molecule has 2 amide bonds. The maximum absolute atomic E-state index is 14.2. The number of carbonyl (C=O) groups is 2. The second-order valence-electron chi connectivity index (χ2n) is 9.04. The Morgan fingerprint density at radius 1 is 0.872 bits per heavy atom. The maximum atomic E-state index is 14.2. The molecule has 0 unspecified atom stereocenters. The van der Waals surface area contributed by atoms with Crippen molar-refractivity contribution in [2.75, 3.05) is 11.6 Å². The molecule has 0 aliphatic rings. The highest BCUT2D eigenvalue weighted by atomic mass is 32.2. The van der Waals surface area contributed by atoms with Crippen molar-refractivity contribution in [1.82, 2.24) is 4.57 Å². The number of hydrogen-bond donors (Lipinski definition) is 2. The Hall–Kier alpha value is -4.38. The molecule has 0 spiro atoms. The van der Waals surface area contributed by atoms with Crippen molar-refractivity contribution in [3.8, 4) is 16.8 Å². The van der Waals surface area contributed by atoms with E-state index in [9.17, 15) is 31.2 Å². The third kappa shape index (κ3) is 5.73. The SMILES string of the molecule is Cc1cc(C(=O)Nc2ccc(S(C)(=O)=O)cc2)c(C)n1-c1ccc(-c2ccc(C(N)=O)cc2)cc1C(F)(F)F. The van der Waals surface area contributed by atoms with Crippen molar-refractivity contribution >= 4 is 27.3 Å². The number of rotatable bonds is 6. The van der Waals surface area contributed by atoms with Gasteiger partial charge in [-0.05, 0) is 79.6 Å². The summed E-state index contributed by atoms with van der Waals surface area (Å²) < 4.78 is 67.4. The molecule has 4 rings (SSSR count). The molecule has 0 radical (unpaired) electrons. The molecule has 0 fully saturated rings. The lowest BCUT2D eigenvalue weighted by molar-refractivity contribution is -0.137. The van der Waals surface area contributed by atoms with Crippen LogP contribution < -0.4 is 11.1 Å². The summed E-state index contributed by atoms with van der Waals surface area (Å²) in [5.74, 6) is -1.20. The van der Waals surface area contributed by atoms with Crippen LogP contribution in [0.15, 0.2) is 77.7 Å². The lowest BCUT2D eigenvalue weighted by atomic mass is 10.00. The van der Waals surface area contributed by atoms with Crippen LogP contribution in [0.2, 0.25) is 0 Å². The molecule has 0 saturated carbocycles. The van der Waals surface area contributed by atoms with Crippen LogP contribution in [0, 0.1) is 13.8 Å². The van der Waals surface area contributed by atoms with Crippen molar-refractivity contribution in [2.45, 2.75) is 24.9 Å². The van der Waals surface area contributed by atoms with E-state index < -0.39 is 33.4 Å². The highest BCUT2D eigenvalue weighted by Gasteiger charge is 2.35. The van der Waals surface area contributed by atoms with Gasteiger partial charge in [-0.1, -0.05) is 18.2 Å². The van der Waals surface area contributed by atoms with E-state index in [-0.39, 0.29) is 21.7 Å². The predicted octanol–water partition coefficient (Wildman–Crippen LogP) is 5.53. The Bertz CT molecular complexity index is 1690. The van der Waals surface area contributed by atoms with Gasteiger partial charge in [0.15, 0.2) is 9.84 Å². The molecule has 0 bridgehead atoms. The Kier molecular flexibility index (Phi) is 7.14. The van der Waals surface area contributed by atoms with Gasteiger partial charge in [0.2, 0.25) is 5.91 Å². The number of carbonyl (C=O) groups excluding carboxylic acids is 2. The molecule has 3 aromatic carbocycles. The largest absolute Gasteiger partial charge is 0.418 e. The zero-order chi connectivity index (χ0) is 28.7. The van der Waals surface area contributed by atoms with Crippen LogP contribution in [0.1, 0.15) is 37.7 Å². The first-order chi connectivity index (χ1) is 18.2. The number of nitrogens with two attached hydrogens (primary N) is 1. The second-order valence-corrected chi connectivity index (χ2v) is 11.1. The number of hydrogen-bond acceptors (Lipinski definition) is 4. The lowest BCUT2D eigenvalue weighted by Gasteiger charge is -2.18. The third-order valence-corrected chi connectivity index (χ3v) is 7.39. The smallest absolute Gasteiger partial charge is 0.366 e. The van der Waals surface area contributed by atoms with E-state index in [1.807, 2.05) is 0 Å². The first-order valence-electron chi connectivity index (χ1n) is 11.6. The van der Waals surface area contributed by atoms with Gasteiger partial charge in [0, 0.05) is 28.9 Å². The summed E-state index contributed by atoms with van der Waals surface area (Å²) in [7, 11) is -3.41. The average molecular weight is 556 g/mol. The summed E-state index contributed by atoms with van der Waals surface area (Å²) in [4.78, 5) is 24.4. The first kappa shape index (κ1) is 27.6. The topological polar surface area (TPSA) is 111 Å². The molecule has 202 valence electrons. The van der Waals surface area contributed by atoms with E-state index in [1.165, 1.54) is 71.3 Å². The molecule has 39 heavy (non-hydrogen) atoms. The molecule has 0 aliphatic heterocycles. The fourth-order valence-corrected chi connectivity index (χ4v) is 4.94. The van der Waals surface area contributed by atoms with Crippen LogP contribution >= 0.6 is 0 Å². The number of alkyl halides is 3. The van der Waals surface area contributed by atoms with Crippen molar-refractivity contribution in [3.63, 3.8) is 0 Å². The Balaban J connectivity index is 1.71. The van der Waals surface area contributed by atoms with Gasteiger partial charge in [-0.3, -0.25) is 9.59 Å². The molecule has 1 heterocycles. The fourth-order valence-electron chi connectivity index (χ4n) is 4.31. The molecule has 3 N–H and O–H groups in total. The van der Waals surface area contributed by atoms with Crippen LogP contribution in [0.5, 0.6) is 0 Å². The van der Waals surface area contributed by atoms with Crippen LogP contribution in [0.25, 0.3) is 16.8 Å². The van der Waals surface area contributed by atoms with E-state index in [0.29, 0.717) is 28.2 Å². The van der Waals surface area contributed by atoms with E-state index >= 15 is 0 Å². The number of sulfone groups is 1. The van der Waals surface area contributed by atoms with E-state index in [2.05, 4.69) is 5.32 Å². The summed E-state index contributed by atoms with van der Waals surface area (Å²) >= 11 is 0. The summed E-state index contributed by atoms with van der Waals surface area (Å²) in [6.45, 7) is 3.15. The van der Waals surface area contributed by atoms with Crippen LogP contribution in [-0.4, -0.2) is 31.1 Å². The number of amides is 2. The van der Waals surface area contributed by atoms with Crippen molar-refractivity contribution in [1.29, 1.82) is 0 Å². The summed E-state index contributed by atoms with van der Waals surface area (Å²) in [6, 6.07) is 16.9. The molecule has 0 aliphatic carbocycles. The minimum Gasteiger partial charge on any atom is -0.366 e. The third-order valence-electron chi connectivity index (χ3n) is 6.26. The van der Waals surface area contributed by atoms with Crippen molar-refractivity contribution in [3.05, 3.63) is 101 Å². The molecule has 7 nitrogen and oxygen atoms in total. The van der Waals surface area contributed by atoms with Crippen LogP contribution in [0.3, 0.4) is 0 Å². The Morgan fingerprint density at radius 2 is 1.46 bits per heavy atom. The number of anilines is 1. The quantitative estimate of drug-likeness (QED) is 0.326. The number of aryl methyl sites for hydroxylation is 1. The number of nitrogens with one attached hydrogen (secondary N) is 1. The lowest BCUT2D eigenvalue weighted by Crippen LogP contribution is -2.15. The van der Waals surface area contributed by atoms with Gasteiger partial charge < -0.3 is 15.6 Å².